The van der Waals surface area contributed by atoms with Gasteiger partial charge >= 0.3 is 0 Å². The molecule has 0 aliphatic heterocycles. The van der Waals surface area contributed by atoms with Gasteiger partial charge in [0.2, 0.25) is 0 Å². The highest BCUT2D eigenvalue weighted by atomic mass is 31.1. The summed E-state index contributed by atoms with van der Waals surface area (Å²) >= 11 is 0. The molecule has 1 atom stereocenters. The van der Waals surface area contributed by atoms with Crippen molar-refractivity contribution in [1.82, 2.24) is 0 Å². The summed E-state index contributed by atoms with van der Waals surface area (Å²) in [7, 11) is -0.119. The number of rotatable bonds is 6. The number of hydrogen-bond donors (Lipinski definition) is 0. The Balaban J connectivity index is 1.46. The number of aryl methyl sites for hydroxylation is 1. The third-order valence-electron chi connectivity index (χ3n) is 9.61. The molecule has 7 rings (SSSR count). The van der Waals surface area contributed by atoms with Crippen LogP contribution in [0.2, 0.25) is 0 Å². The minimum absolute atomic E-state index is 0.119. The zero-order valence-electron chi connectivity index (χ0n) is 22.8. The molecule has 188 valence electrons. The van der Waals surface area contributed by atoms with Gasteiger partial charge in [-0.3, -0.25) is 0 Å². The summed E-state index contributed by atoms with van der Waals surface area (Å²) in [5.74, 6) is 3.07. The second-order valence-electron chi connectivity index (χ2n) is 13.2. The van der Waals surface area contributed by atoms with Crippen molar-refractivity contribution in [2.24, 2.45) is 17.8 Å². The minimum atomic E-state index is -0.119. The van der Waals surface area contributed by atoms with Crippen molar-refractivity contribution in [2.45, 2.75) is 89.1 Å². The maximum absolute atomic E-state index is 2.61. The van der Waals surface area contributed by atoms with Crippen LogP contribution in [0, 0.1) is 17.8 Å². The molecule has 0 radical (unpaired) electrons. The molecule has 4 aliphatic carbocycles. The molecule has 36 heavy (non-hydrogen) atoms. The van der Waals surface area contributed by atoms with E-state index in [1.807, 2.05) is 0 Å². The fourth-order valence-corrected chi connectivity index (χ4v) is 12.9. The van der Waals surface area contributed by atoms with Crippen molar-refractivity contribution in [3.63, 3.8) is 0 Å². The normalized spacial score (nSPS) is 27.8. The van der Waals surface area contributed by atoms with Crippen LogP contribution in [0.1, 0.15) is 77.3 Å². The topological polar surface area (TPSA) is 0 Å². The van der Waals surface area contributed by atoms with E-state index in [-0.39, 0.29) is 7.92 Å². The van der Waals surface area contributed by atoms with Crippen LogP contribution in [0.5, 0.6) is 0 Å². The van der Waals surface area contributed by atoms with Crippen LogP contribution in [0.4, 0.5) is 0 Å². The summed E-state index contributed by atoms with van der Waals surface area (Å²) in [6.45, 7) is 10.1. The van der Waals surface area contributed by atoms with Crippen LogP contribution in [-0.2, 0) is 12.6 Å². The molecule has 3 aromatic carbocycles. The average Bonchev–Trinajstić information content (AvgIpc) is 2.86. The molecular weight excluding hydrogens is 451 g/mol. The molecule has 0 spiro atoms. The number of benzene rings is 3. The monoisotopic (exact) mass is 494 g/mol. The Kier molecular flexibility index (Phi) is 6.40. The molecule has 0 aromatic heterocycles. The zero-order valence-corrected chi connectivity index (χ0v) is 23.7. The molecular formula is C35H43P. The molecule has 4 fully saturated rings. The van der Waals surface area contributed by atoms with E-state index in [4.69, 9.17) is 0 Å². The van der Waals surface area contributed by atoms with E-state index in [1.165, 1.54) is 66.9 Å². The van der Waals surface area contributed by atoms with Crippen LogP contribution < -0.4 is 0 Å². The van der Waals surface area contributed by atoms with Crippen LogP contribution in [0.15, 0.2) is 72.8 Å². The van der Waals surface area contributed by atoms with Crippen molar-refractivity contribution < 1.29 is 0 Å². The lowest BCUT2D eigenvalue weighted by atomic mass is 9.56. The Morgan fingerprint density at radius 2 is 1.14 bits per heavy atom. The predicted octanol–water partition coefficient (Wildman–Crippen LogP) is 10.3. The Bertz CT molecular complexity index is 1170. The van der Waals surface area contributed by atoms with Crippen molar-refractivity contribution >= 4 is 7.92 Å². The molecule has 0 amide bonds. The first kappa shape index (κ1) is 24.4. The molecule has 4 bridgehead atoms. The van der Waals surface area contributed by atoms with Gasteiger partial charge in [-0.1, -0.05) is 102 Å². The first-order chi connectivity index (χ1) is 17.3. The summed E-state index contributed by atoms with van der Waals surface area (Å²) in [6, 6.07) is 27.3. The van der Waals surface area contributed by atoms with Crippen molar-refractivity contribution in [2.75, 3.05) is 0 Å². The van der Waals surface area contributed by atoms with Gasteiger partial charge in [0.1, 0.15) is 0 Å². The molecule has 0 nitrogen and oxygen atoms in total. The first-order valence-corrected chi connectivity index (χ1v) is 15.9. The van der Waals surface area contributed by atoms with Crippen LogP contribution in [0.25, 0.3) is 22.3 Å². The standard InChI is InChI=1S/C35H43P/c1-5-28-19-32(29-12-8-6-9-13-29)33(30-14-10-7-11-15-30)20-31(28)24-36(34(2,3)4)35-21-25-16-26(22-35)18-27(17-25)23-35/h6-15,19-20,25-27H,5,16-18,21-24H2,1-4H3. The van der Waals surface area contributed by atoms with E-state index in [0.29, 0.717) is 10.3 Å². The van der Waals surface area contributed by atoms with Gasteiger partial charge < -0.3 is 0 Å². The summed E-state index contributed by atoms with van der Waals surface area (Å²) in [5, 5.41) is 1.01. The second kappa shape index (κ2) is 9.44. The van der Waals surface area contributed by atoms with Crippen LogP contribution in [0.3, 0.4) is 0 Å². The maximum atomic E-state index is 2.61. The summed E-state index contributed by atoms with van der Waals surface area (Å²) < 4.78 is 0. The number of hydrogen-bond acceptors (Lipinski definition) is 0. The van der Waals surface area contributed by atoms with Crippen molar-refractivity contribution in [1.29, 1.82) is 0 Å². The Morgan fingerprint density at radius 3 is 1.56 bits per heavy atom. The predicted molar refractivity (Wildman–Crippen MR) is 158 cm³/mol. The van der Waals surface area contributed by atoms with Gasteiger partial charge in [-0.05, 0) is 119 Å². The highest BCUT2D eigenvalue weighted by Gasteiger charge is 2.56. The van der Waals surface area contributed by atoms with E-state index >= 15 is 0 Å². The third-order valence-corrected chi connectivity index (χ3v) is 13.6. The average molecular weight is 495 g/mol. The SMILES string of the molecule is CCc1cc(-c2ccccc2)c(-c2ccccc2)cc1CP(C(C)(C)C)C12CC3CC(CC(C3)C1)C2. The molecule has 0 heterocycles. The largest absolute Gasteiger partial charge is 0.0903 e. The van der Waals surface area contributed by atoms with E-state index in [9.17, 15) is 0 Å². The summed E-state index contributed by atoms with van der Waals surface area (Å²) in [4.78, 5) is 0. The maximum Gasteiger partial charge on any atom is -0.00604 e. The minimum Gasteiger partial charge on any atom is -0.0903 e. The quantitative estimate of drug-likeness (QED) is 0.299. The van der Waals surface area contributed by atoms with Crippen molar-refractivity contribution in [3.8, 4) is 22.3 Å². The van der Waals surface area contributed by atoms with E-state index in [0.717, 1.165) is 24.2 Å². The lowest BCUT2D eigenvalue weighted by Crippen LogP contribution is -2.51. The second-order valence-corrected chi connectivity index (χ2v) is 16.6. The molecule has 0 saturated heterocycles. The van der Waals surface area contributed by atoms with Gasteiger partial charge in [-0.25, -0.2) is 0 Å². The Hall–Kier alpha value is -1.91. The van der Waals surface area contributed by atoms with Crippen LogP contribution in [-0.4, -0.2) is 10.3 Å². The van der Waals surface area contributed by atoms with Gasteiger partial charge in [-0.2, -0.15) is 0 Å². The Labute approximate surface area is 220 Å². The lowest BCUT2D eigenvalue weighted by Gasteiger charge is -2.62. The zero-order chi connectivity index (χ0) is 24.9. The lowest BCUT2D eigenvalue weighted by molar-refractivity contribution is 0.0347. The van der Waals surface area contributed by atoms with E-state index < -0.39 is 0 Å². The summed E-state index contributed by atoms with van der Waals surface area (Å²) in [5.41, 5.74) is 8.66. The van der Waals surface area contributed by atoms with E-state index in [1.54, 1.807) is 11.1 Å². The van der Waals surface area contributed by atoms with Gasteiger partial charge in [0.05, 0.1) is 0 Å². The fraction of sp³-hybridized carbons (Fsp3) is 0.486. The van der Waals surface area contributed by atoms with Gasteiger partial charge in [0.25, 0.3) is 0 Å². The molecule has 4 aliphatic rings. The summed E-state index contributed by atoms with van der Waals surface area (Å²) in [6.07, 6.45) is 11.6. The highest BCUT2D eigenvalue weighted by Crippen LogP contribution is 2.73. The third kappa shape index (κ3) is 4.49. The van der Waals surface area contributed by atoms with Crippen molar-refractivity contribution in [3.05, 3.63) is 83.9 Å². The smallest absolute Gasteiger partial charge is 0.00604 e. The van der Waals surface area contributed by atoms with Gasteiger partial charge in [-0.15, -0.1) is 0 Å². The van der Waals surface area contributed by atoms with E-state index in [2.05, 4.69) is 100 Å². The first-order valence-electron chi connectivity index (χ1n) is 14.4. The fourth-order valence-electron chi connectivity index (χ4n) is 8.56. The molecule has 0 N–H and O–H groups in total. The molecule has 1 unspecified atom stereocenters. The Morgan fingerprint density at radius 1 is 0.694 bits per heavy atom. The highest BCUT2D eigenvalue weighted by molar-refractivity contribution is 7.60. The molecule has 4 saturated carbocycles. The van der Waals surface area contributed by atoms with Gasteiger partial charge in [0, 0.05) is 0 Å². The van der Waals surface area contributed by atoms with Gasteiger partial charge in [0.15, 0.2) is 0 Å². The molecule has 1 heteroatoms. The van der Waals surface area contributed by atoms with Crippen LogP contribution >= 0.6 is 7.92 Å². The molecule has 3 aromatic rings.